The number of nitrogens with one attached hydrogen (secondary N) is 1. The molecule has 0 bridgehead atoms. The molecular formula is C13H15N3O2S. The van der Waals surface area contributed by atoms with Crippen LogP contribution in [-0.4, -0.2) is 27.6 Å². The number of hydrogen-bond acceptors (Lipinski definition) is 5. The first-order chi connectivity index (χ1) is 9.12. The molecule has 2 aromatic rings. The van der Waals surface area contributed by atoms with Crippen LogP contribution in [0.2, 0.25) is 0 Å². The SMILES string of the molecule is Cc1csc2c(NCC3(C(=O)O)CCC3)ncnc12. The summed E-state index contributed by atoms with van der Waals surface area (Å²) in [5.41, 5.74) is 1.46. The number of aliphatic carboxylic acids is 1. The van der Waals surface area contributed by atoms with E-state index in [2.05, 4.69) is 15.3 Å². The fourth-order valence-electron chi connectivity index (χ4n) is 2.42. The number of rotatable bonds is 4. The van der Waals surface area contributed by atoms with Crippen molar-refractivity contribution in [2.75, 3.05) is 11.9 Å². The maximum absolute atomic E-state index is 11.3. The molecule has 1 aliphatic rings. The summed E-state index contributed by atoms with van der Waals surface area (Å²) in [6, 6.07) is 0. The molecule has 6 heteroatoms. The molecule has 0 atom stereocenters. The highest BCUT2D eigenvalue weighted by molar-refractivity contribution is 7.18. The molecule has 2 N–H and O–H groups in total. The molecule has 1 aliphatic carbocycles. The van der Waals surface area contributed by atoms with Crippen molar-refractivity contribution in [2.45, 2.75) is 26.2 Å². The molecule has 0 aromatic carbocycles. The molecular weight excluding hydrogens is 262 g/mol. The molecule has 0 unspecified atom stereocenters. The zero-order chi connectivity index (χ0) is 13.5. The Morgan fingerprint density at radius 2 is 2.32 bits per heavy atom. The van der Waals surface area contributed by atoms with Crippen LogP contribution in [0.3, 0.4) is 0 Å². The molecule has 2 heterocycles. The monoisotopic (exact) mass is 277 g/mol. The molecule has 1 fully saturated rings. The van der Waals surface area contributed by atoms with Gasteiger partial charge in [0.15, 0.2) is 0 Å². The number of aryl methyl sites for hydroxylation is 1. The molecule has 5 nitrogen and oxygen atoms in total. The van der Waals surface area contributed by atoms with Gasteiger partial charge >= 0.3 is 5.97 Å². The molecule has 19 heavy (non-hydrogen) atoms. The van der Waals surface area contributed by atoms with Gasteiger partial charge in [-0.05, 0) is 30.7 Å². The second-order valence-corrected chi connectivity index (χ2v) is 5.99. The van der Waals surface area contributed by atoms with Crippen molar-refractivity contribution in [1.82, 2.24) is 9.97 Å². The number of fused-ring (bicyclic) bond motifs is 1. The lowest BCUT2D eigenvalue weighted by Crippen LogP contribution is -2.43. The number of hydrogen-bond donors (Lipinski definition) is 2. The van der Waals surface area contributed by atoms with Crippen molar-refractivity contribution in [3.63, 3.8) is 0 Å². The minimum absolute atomic E-state index is 0.436. The van der Waals surface area contributed by atoms with Crippen LogP contribution in [0.1, 0.15) is 24.8 Å². The maximum atomic E-state index is 11.3. The predicted octanol–water partition coefficient (Wildman–Crippen LogP) is 2.67. The van der Waals surface area contributed by atoms with Crippen LogP contribution in [0, 0.1) is 12.3 Å². The Morgan fingerprint density at radius 1 is 1.53 bits per heavy atom. The zero-order valence-electron chi connectivity index (χ0n) is 10.6. The molecule has 100 valence electrons. The smallest absolute Gasteiger partial charge is 0.311 e. The summed E-state index contributed by atoms with van der Waals surface area (Å²) >= 11 is 1.59. The fourth-order valence-corrected chi connectivity index (χ4v) is 3.39. The van der Waals surface area contributed by atoms with Crippen LogP contribution in [0.15, 0.2) is 11.7 Å². The van der Waals surface area contributed by atoms with Crippen molar-refractivity contribution in [3.8, 4) is 0 Å². The van der Waals surface area contributed by atoms with E-state index in [0.29, 0.717) is 6.54 Å². The standard InChI is InChI=1S/C13H15N3O2S/c1-8-5-19-10-9(8)15-7-16-11(10)14-6-13(12(17)18)3-2-4-13/h5,7H,2-4,6H2,1H3,(H,17,18)(H,14,15,16). The van der Waals surface area contributed by atoms with E-state index < -0.39 is 11.4 Å². The third-order valence-corrected chi connectivity index (χ3v) is 4.98. The summed E-state index contributed by atoms with van der Waals surface area (Å²) in [7, 11) is 0. The van der Waals surface area contributed by atoms with Gasteiger partial charge < -0.3 is 10.4 Å². The Hall–Kier alpha value is -1.69. The fraction of sp³-hybridized carbons (Fsp3) is 0.462. The number of anilines is 1. The summed E-state index contributed by atoms with van der Waals surface area (Å²) in [5.74, 6) is 0.0366. The lowest BCUT2D eigenvalue weighted by Gasteiger charge is -2.37. The normalized spacial score (nSPS) is 17.1. The molecule has 0 aliphatic heterocycles. The van der Waals surface area contributed by atoms with Crippen LogP contribution in [0.5, 0.6) is 0 Å². The second kappa shape index (κ2) is 4.45. The summed E-state index contributed by atoms with van der Waals surface area (Å²) in [6.07, 6.45) is 4.00. The van der Waals surface area contributed by atoms with E-state index in [4.69, 9.17) is 0 Å². The minimum atomic E-state index is -0.709. The Kier molecular flexibility index (Phi) is 2.89. The summed E-state index contributed by atoms with van der Waals surface area (Å²) in [4.78, 5) is 19.8. The van der Waals surface area contributed by atoms with E-state index in [1.807, 2.05) is 12.3 Å². The van der Waals surface area contributed by atoms with E-state index in [1.165, 1.54) is 6.33 Å². The van der Waals surface area contributed by atoms with Gasteiger partial charge in [-0.1, -0.05) is 6.42 Å². The van der Waals surface area contributed by atoms with Gasteiger partial charge in [0, 0.05) is 6.54 Å². The van der Waals surface area contributed by atoms with Crippen molar-refractivity contribution in [1.29, 1.82) is 0 Å². The highest BCUT2D eigenvalue weighted by atomic mass is 32.1. The molecule has 2 aromatic heterocycles. The zero-order valence-corrected chi connectivity index (χ0v) is 11.5. The first-order valence-electron chi connectivity index (χ1n) is 6.28. The van der Waals surface area contributed by atoms with E-state index in [1.54, 1.807) is 11.3 Å². The maximum Gasteiger partial charge on any atom is 0.311 e. The van der Waals surface area contributed by atoms with Crippen LogP contribution in [-0.2, 0) is 4.79 Å². The quantitative estimate of drug-likeness (QED) is 0.898. The van der Waals surface area contributed by atoms with Gasteiger partial charge in [0.25, 0.3) is 0 Å². The Morgan fingerprint density at radius 3 is 2.95 bits per heavy atom. The van der Waals surface area contributed by atoms with Crippen LogP contribution < -0.4 is 5.32 Å². The Labute approximate surface area is 114 Å². The second-order valence-electron chi connectivity index (χ2n) is 5.11. The van der Waals surface area contributed by atoms with Gasteiger partial charge in [0.05, 0.1) is 15.6 Å². The van der Waals surface area contributed by atoms with Gasteiger partial charge in [-0.15, -0.1) is 11.3 Å². The molecule has 1 saturated carbocycles. The minimum Gasteiger partial charge on any atom is -0.481 e. The predicted molar refractivity (Wildman–Crippen MR) is 74.6 cm³/mol. The first kappa shape index (κ1) is 12.3. The Balaban J connectivity index is 1.84. The van der Waals surface area contributed by atoms with E-state index in [0.717, 1.165) is 40.9 Å². The van der Waals surface area contributed by atoms with Gasteiger partial charge in [-0.3, -0.25) is 4.79 Å². The van der Waals surface area contributed by atoms with Crippen LogP contribution in [0.25, 0.3) is 10.2 Å². The first-order valence-corrected chi connectivity index (χ1v) is 7.16. The van der Waals surface area contributed by atoms with Crippen molar-refractivity contribution in [2.24, 2.45) is 5.41 Å². The number of carbonyl (C=O) groups is 1. The summed E-state index contributed by atoms with van der Waals surface area (Å²) in [6.45, 7) is 2.45. The van der Waals surface area contributed by atoms with Crippen molar-refractivity contribution >= 4 is 33.3 Å². The summed E-state index contributed by atoms with van der Waals surface area (Å²) < 4.78 is 1.000. The number of carboxylic acids is 1. The molecule has 0 saturated heterocycles. The topological polar surface area (TPSA) is 75.1 Å². The Bertz CT molecular complexity index is 634. The third kappa shape index (κ3) is 1.96. The largest absolute Gasteiger partial charge is 0.481 e. The molecule has 0 amide bonds. The van der Waals surface area contributed by atoms with E-state index >= 15 is 0 Å². The van der Waals surface area contributed by atoms with E-state index in [9.17, 15) is 9.90 Å². The average molecular weight is 277 g/mol. The number of aromatic nitrogens is 2. The average Bonchev–Trinajstić information content (AvgIpc) is 2.70. The molecule has 0 spiro atoms. The lowest BCUT2D eigenvalue weighted by atomic mass is 9.69. The van der Waals surface area contributed by atoms with E-state index in [-0.39, 0.29) is 0 Å². The van der Waals surface area contributed by atoms with Gasteiger partial charge in [-0.25, -0.2) is 9.97 Å². The molecule has 0 radical (unpaired) electrons. The number of thiophene rings is 1. The molecule has 3 rings (SSSR count). The highest BCUT2D eigenvalue weighted by Crippen LogP contribution is 2.41. The van der Waals surface area contributed by atoms with Crippen LogP contribution in [0.4, 0.5) is 5.82 Å². The third-order valence-electron chi connectivity index (χ3n) is 3.89. The summed E-state index contributed by atoms with van der Waals surface area (Å²) in [5, 5.41) is 14.6. The highest BCUT2D eigenvalue weighted by Gasteiger charge is 2.44. The van der Waals surface area contributed by atoms with Gasteiger partial charge in [0.2, 0.25) is 0 Å². The number of carboxylic acid groups (broad SMARTS) is 1. The number of nitrogens with zero attached hydrogens (tertiary/aromatic N) is 2. The van der Waals surface area contributed by atoms with Crippen LogP contribution >= 0.6 is 11.3 Å². The van der Waals surface area contributed by atoms with Crippen molar-refractivity contribution < 1.29 is 9.90 Å². The van der Waals surface area contributed by atoms with Gasteiger partial charge in [-0.2, -0.15) is 0 Å². The van der Waals surface area contributed by atoms with Crippen molar-refractivity contribution in [3.05, 3.63) is 17.3 Å². The lowest BCUT2D eigenvalue weighted by molar-refractivity contribution is -0.153. The van der Waals surface area contributed by atoms with Gasteiger partial charge in [0.1, 0.15) is 12.1 Å².